The molecule has 0 amide bonds. The maximum absolute atomic E-state index is 6.20. The predicted molar refractivity (Wildman–Crippen MR) is 107 cm³/mol. The lowest BCUT2D eigenvalue weighted by Gasteiger charge is -2.39. The SMILES string of the molecule is Nc1nc(N2CCC3(CCCC3)CC2)cnc1Sc1ccnc(Cl)c1Cl. The van der Waals surface area contributed by atoms with Gasteiger partial charge >= 0.3 is 0 Å². The van der Waals surface area contributed by atoms with Crippen LogP contribution in [-0.2, 0) is 0 Å². The van der Waals surface area contributed by atoms with Gasteiger partial charge in [0.25, 0.3) is 0 Å². The smallest absolute Gasteiger partial charge is 0.158 e. The van der Waals surface area contributed by atoms with E-state index in [0.29, 0.717) is 21.3 Å². The molecule has 0 unspecified atom stereocenters. The summed E-state index contributed by atoms with van der Waals surface area (Å²) in [6.07, 6.45) is 11.5. The molecule has 3 heterocycles. The van der Waals surface area contributed by atoms with Gasteiger partial charge in [0.05, 0.1) is 11.2 Å². The Bertz CT molecular complexity index is 800. The highest BCUT2D eigenvalue weighted by molar-refractivity contribution is 7.99. The molecule has 2 aliphatic rings. The largest absolute Gasteiger partial charge is 0.381 e. The van der Waals surface area contributed by atoms with Gasteiger partial charge in [0.15, 0.2) is 5.82 Å². The molecule has 0 aromatic carbocycles. The highest BCUT2D eigenvalue weighted by Crippen LogP contribution is 2.46. The third-order valence-electron chi connectivity index (χ3n) is 5.58. The van der Waals surface area contributed by atoms with Crippen molar-refractivity contribution in [3.05, 3.63) is 28.6 Å². The Morgan fingerprint density at radius 1 is 1.08 bits per heavy atom. The first-order chi connectivity index (χ1) is 12.6. The van der Waals surface area contributed by atoms with E-state index < -0.39 is 0 Å². The summed E-state index contributed by atoms with van der Waals surface area (Å²) >= 11 is 13.5. The Kier molecular flexibility index (Phi) is 5.17. The second-order valence-corrected chi connectivity index (χ2v) is 8.90. The van der Waals surface area contributed by atoms with Crippen LogP contribution < -0.4 is 10.6 Å². The molecule has 1 saturated heterocycles. The van der Waals surface area contributed by atoms with Crippen LogP contribution in [0.1, 0.15) is 38.5 Å². The topological polar surface area (TPSA) is 67.9 Å². The molecule has 1 saturated carbocycles. The zero-order chi connectivity index (χ0) is 18.1. The Morgan fingerprint density at radius 3 is 2.50 bits per heavy atom. The van der Waals surface area contributed by atoms with Crippen LogP contribution in [0.25, 0.3) is 0 Å². The second-order valence-electron chi connectivity index (χ2n) is 7.13. The van der Waals surface area contributed by atoms with Crippen LogP contribution in [0.2, 0.25) is 10.2 Å². The summed E-state index contributed by atoms with van der Waals surface area (Å²) in [6.45, 7) is 2.07. The van der Waals surface area contributed by atoms with E-state index in [-0.39, 0.29) is 5.15 Å². The van der Waals surface area contributed by atoms with Crippen molar-refractivity contribution in [2.24, 2.45) is 5.41 Å². The van der Waals surface area contributed by atoms with Crippen LogP contribution >= 0.6 is 35.0 Å². The molecule has 2 fully saturated rings. The molecular weight excluding hydrogens is 389 g/mol. The first-order valence-electron chi connectivity index (χ1n) is 8.92. The summed E-state index contributed by atoms with van der Waals surface area (Å²) in [5.41, 5.74) is 6.75. The van der Waals surface area contributed by atoms with E-state index in [2.05, 4.69) is 19.9 Å². The van der Waals surface area contributed by atoms with Gasteiger partial charge in [-0.15, -0.1) is 0 Å². The highest BCUT2D eigenvalue weighted by atomic mass is 35.5. The van der Waals surface area contributed by atoms with Crippen molar-refractivity contribution >= 4 is 46.6 Å². The number of aromatic nitrogens is 3. The molecule has 1 aliphatic carbocycles. The molecule has 0 bridgehead atoms. The van der Waals surface area contributed by atoms with E-state index in [1.54, 1.807) is 12.3 Å². The van der Waals surface area contributed by atoms with Crippen LogP contribution in [0.3, 0.4) is 0 Å². The minimum absolute atomic E-state index is 0.272. The number of anilines is 2. The van der Waals surface area contributed by atoms with Crippen molar-refractivity contribution in [3.8, 4) is 0 Å². The zero-order valence-corrected chi connectivity index (χ0v) is 16.7. The van der Waals surface area contributed by atoms with E-state index in [1.807, 2.05) is 6.20 Å². The van der Waals surface area contributed by atoms with E-state index >= 15 is 0 Å². The molecule has 4 rings (SSSR count). The molecule has 0 radical (unpaired) electrons. The maximum atomic E-state index is 6.20. The van der Waals surface area contributed by atoms with Gasteiger partial charge in [0.2, 0.25) is 0 Å². The monoisotopic (exact) mass is 409 g/mol. The maximum Gasteiger partial charge on any atom is 0.158 e. The minimum atomic E-state index is 0.272. The minimum Gasteiger partial charge on any atom is -0.381 e. The van der Waals surface area contributed by atoms with Crippen molar-refractivity contribution in [2.45, 2.75) is 48.4 Å². The van der Waals surface area contributed by atoms with Gasteiger partial charge in [0.1, 0.15) is 16.0 Å². The lowest BCUT2D eigenvalue weighted by molar-refractivity contribution is 0.226. The second kappa shape index (κ2) is 7.41. The fourth-order valence-electron chi connectivity index (χ4n) is 4.03. The van der Waals surface area contributed by atoms with Gasteiger partial charge in [-0.1, -0.05) is 47.8 Å². The molecule has 26 heavy (non-hydrogen) atoms. The zero-order valence-electron chi connectivity index (χ0n) is 14.4. The average molecular weight is 410 g/mol. The van der Waals surface area contributed by atoms with E-state index in [9.17, 15) is 0 Å². The van der Waals surface area contributed by atoms with Crippen LogP contribution in [-0.4, -0.2) is 28.0 Å². The van der Waals surface area contributed by atoms with Gasteiger partial charge < -0.3 is 10.6 Å². The third kappa shape index (κ3) is 3.59. The molecule has 1 spiro atoms. The quantitative estimate of drug-likeness (QED) is 0.713. The number of nitrogens with zero attached hydrogens (tertiary/aromatic N) is 4. The third-order valence-corrected chi connectivity index (χ3v) is 7.53. The van der Waals surface area contributed by atoms with Crippen LogP contribution in [0.4, 0.5) is 11.6 Å². The summed E-state index contributed by atoms with van der Waals surface area (Å²) in [5.74, 6) is 1.27. The number of hydrogen-bond acceptors (Lipinski definition) is 6. The van der Waals surface area contributed by atoms with Crippen molar-refractivity contribution in [1.29, 1.82) is 0 Å². The Labute approximate surface area is 167 Å². The lowest BCUT2D eigenvalue weighted by Crippen LogP contribution is -2.39. The average Bonchev–Trinajstić information content (AvgIpc) is 3.09. The Morgan fingerprint density at radius 2 is 1.81 bits per heavy atom. The first-order valence-corrected chi connectivity index (χ1v) is 10.5. The fraction of sp³-hybridized carbons (Fsp3) is 0.500. The Balaban J connectivity index is 1.47. The number of halogens is 2. The predicted octanol–water partition coefficient (Wildman–Crippen LogP) is 5.07. The molecule has 5 nitrogen and oxygen atoms in total. The number of hydrogen-bond donors (Lipinski definition) is 1. The Hall–Kier alpha value is -1.24. The number of piperidine rings is 1. The van der Waals surface area contributed by atoms with E-state index in [1.165, 1.54) is 50.3 Å². The van der Waals surface area contributed by atoms with Crippen molar-refractivity contribution in [2.75, 3.05) is 23.7 Å². The number of pyridine rings is 1. The lowest BCUT2D eigenvalue weighted by atomic mass is 9.77. The van der Waals surface area contributed by atoms with Crippen LogP contribution in [0, 0.1) is 5.41 Å². The number of nitrogens with two attached hydrogens (primary N) is 1. The fourth-order valence-corrected chi connectivity index (χ4v) is 5.25. The molecule has 2 aromatic heterocycles. The number of rotatable bonds is 3. The molecule has 2 aromatic rings. The standard InChI is InChI=1S/C18H21Cl2N5S/c19-14-12(3-8-22-15(14)20)26-17-16(21)24-13(11-23-17)25-9-6-18(7-10-25)4-1-2-5-18/h3,8,11H,1-2,4-7,9-10H2,(H2,21,24). The summed E-state index contributed by atoms with van der Waals surface area (Å²) < 4.78 is 0. The van der Waals surface area contributed by atoms with Gasteiger partial charge in [-0.2, -0.15) is 0 Å². The normalized spacial score (nSPS) is 19.2. The van der Waals surface area contributed by atoms with Crippen LogP contribution in [0.15, 0.2) is 28.4 Å². The highest BCUT2D eigenvalue weighted by Gasteiger charge is 2.37. The molecule has 0 atom stereocenters. The molecule has 138 valence electrons. The van der Waals surface area contributed by atoms with Gasteiger partial charge in [-0.3, -0.25) is 0 Å². The van der Waals surface area contributed by atoms with Gasteiger partial charge in [-0.05, 0) is 37.2 Å². The van der Waals surface area contributed by atoms with E-state index in [4.69, 9.17) is 28.9 Å². The van der Waals surface area contributed by atoms with Gasteiger partial charge in [0, 0.05) is 24.2 Å². The van der Waals surface area contributed by atoms with E-state index in [0.717, 1.165) is 23.8 Å². The van der Waals surface area contributed by atoms with Crippen molar-refractivity contribution in [1.82, 2.24) is 15.0 Å². The van der Waals surface area contributed by atoms with Crippen LogP contribution in [0.5, 0.6) is 0 Å². The molecule has 1 aliphatic heterocycles. The summed E-state index contributed by atoms with van der Waals surface area (Å²) in [5, 5.41) is 1.30. The first kappa shape index (κ1) is 18.1. The molecule has 8 heteroatoms. The van der Waals surface area contributed by atoms with Gasteiger partial charge in [-0.25, -0.2) is 15.0 Å². The summed E-state index contributed by atoms with van der Waals surface area (Å²) in [6, 6.07) is 1.79. The molecular formula is C18H21Cl2N5S. The van der Waals surface area contributed by atoms with Crippen molar-refractivity contribution < 1.29 is 0 Å². The van der Waals surface area contributed by atoms with Crippen molar-refractivity contribution in [3.63, 3.8) is 0 Å². The number of nitrogen functional groups attached to an aromatic ring is 1. The summed E-state index contributed by atoms with van der Waals surface area (Å²) in [7, 11) is 0. The molecule has 2 N–H and O–H groups in total. The summed E-state index contributed by atoms with van der Waals surface area (Å²) in [4.78, 5) is 16.1.